The lowest BCUT2D eigenvalue weighted by Crippen LogP contribution is -2.33. The fourth-order valence-electron chi connectivity index (χ4n) is 2.53. The number of methoxy groups -OCH3 is 1. The van der Waals surface area contributed by atoms with Gasteiger partial charge in [0, 0.05) is 43.7 Å². The molecular weight excluding hydrogens is 347 g/mol. The highest BCUT2D eigenvalue weighted by atomic mass is 35.5. The summed E-state index contributed by atoms with van der Waals surface area (Å²) in [7, 11) is 1.66. The zero-order chi connectivity index (χ0) is 17.4. The van der Waals surface area contributed by atoms with Crippen LogP contribution < -0.4 is 0 Å². The van der Waals surface area contributed by atoms with Gasteiger partial charge in [-0.25, -0.2) is 0 Å². The van der Waals surface area contributed by atoms with E-state index in [9.17, 15) is 4.79 Å². The maximum Gasteiger partial charge on any atom is 0.237 e. The molecule has 1 heterocycles. The lowest BCUT2D eigenvalue weighted by atomic mass is 10.2. The fraction of sp³-hybridized carbons (Fsp3) is 0.389. The summed E-state index contributed by atoms with van der Waals surface area (Å²) in [6, 6.07) is 11.8. The van der Waals surface area contributed by atoms with Crippen molar-refractivity contribution >= 4 is 29.1 Å². The first-order chi connectivity index (χ1) is 11.7. The van der Waals surface area contributed by atoms with Crippen LogP contribution in [-0.2, 0) is 22.6 Å². The molecule has 0 saturated carbocycles. The van der Waals surface area contributed by atoms with Crippen LogP contribution in [-0.4, -0.2) is 41.5 Å². The first-order valence-electron chi connectivity index (χ1n) is 7.85. The van der Waals surface area contributed by atoms with Gasteiger partial charge in [-0.15, -0.1) is 11.6 Å². The van der Waals surface area contributed by atoms with Gasteiger partial charge in [0.15, 0.2) is 0 Å². The van der Waals surface area contributed by atoms with Crippen molar-refractivity contribution in [1.82, 2.24) is 9.47 Å². The second-order valence-electron chi connectivity index (χ2n) is 5.51. The third-order valence-electron chi connectivity index (χ3n) is 3.82. The first-order valence-corrected chi connectivity index (χ1v) is 8.77. The number of rotatable bonds is 9. The monoisotopic (exact) mass is 368 g/mol. The van der Waals surface area contributed by atoms with E-state index in [1.807, 2.05) is 42.6 Å². The number of carbonyl (C=O) groups is 1. The van der Waals surface area contributed by atoms with Gasteiger partial charge in [0.1, 0.15) is 5.88 Å². The van der Waals surface area contributed by atoms with Crippen LogP contribution in [0.25, 0.3) is 0 Å². The van der Waals surface area contributed by atoms with Gasteiger partial charge in [-0.1, -0.05) is 29.8 Å². The standard InChI is InChI=1S/C18H22Cl2N2O2/c1-24-11-5-10-22(18(23)12-19)14-16-7-4-9-21(16)13-15-6-2-3-8-17(15)20/h2-4,6-9H,5,10-14H2,1H3. The van der Waals surface area contributed by atoms with Gasteiger partial charge in [-0.2, -0.15) is 0 Å². The van der Waals surface area contributed by atoms with E-state index in [4.69, 9.17) is 27.9 Å². The van der Waals surface area contributed by atoms with Gasteiger partial charge in [-0.3, -0.25) is 4.79 Å². The van der Waals surface area contributed by atoms with E-state index in [0.29, 0.717) is 26.2 Å². The minimum Gasteiger partial charge on any atom is -0.385 e. The highest BCUT2D eigenvalue weighted by Crippen LogP contribution is 2.18. The molecular formula is C18H22Cl2N2O2. The molecule has 6 heteroatoms. The summed E-state index contributed by atoms with van der Waals surface area (Å²) in [5.74, 6) is -0.0867. The molecule has 2 aromatic rings. The minimum absolute atomic E-state index is 0.0157. The summed E-state index contributed by atoms with van der Waals surface area (Å²) >= 11 is 12.0. The molecule has 0 spiro atoms. The van der Waals surface area contributed by atoms with Crippen LogP contribution in [0.15, 0.2) is 42.6 Å². The molecule has 0 aliphatic rings. The van der Waals surface area contributed by atoms with Crippen LogP contribution >= 0.6 is 23.2 Å². The fourth-order valence-corrected chi connectivity index (χ4v) is 2.89. The van der Waals surface area contributed by atoms with Crippen molar-refractivity contribution in [2.24, 2.45) is 0 Å². The van der Waals surface area contributed by atoms with Gasteiger partial charge in [0.2, 0.25) is 5.91 Å². The Morgan fingerprint density at radius 1 is 1.25 bits per heavy atom. The average molecular weight is 369 g/mol. The minimum atomic E-state index is -0.0711. The second kappa shape index (κ2) is 9.72. The number of hydrogen-bond donors (Lipinski definition) is 0. The molecule has 0 aliphatic carbocycles. The second-order valence-corrected chi connectivity index (χ2v) is 6.19. The molecule has 0 radical (unpaired) electrons. The van der Waals surface area contributed by atoms with Crippen molar-refractivity contribution in [3.8, 4) is 0 Å². The molecule has 1 amide bonds. The molecule has 0 unspecified atom stereocenters. The summed E-state index contributed by atoms with van der Waals surface area (Å²) in [6.45, 7) is 2.43. The van der Waals surface area contributed by atoms with E-state index in [-0.39, 0.29) is 11.8 Å². The normalized spacial score (nSPS) is 10.8. The van der Waals surface area contributed by atoms with Crippen molar-refractivity contribution in [3.05, 3.63) is 58.9 Å². The summed E-state index contributed by atoms with van der Waals surface area (Å²) in [4.78, 5) is 13.8. The Hall–Kier alpha value is -1.49. The quantitative estimate of drug-likeness (QED) is 0.498. The Kier molecular flexibility index (Phi) is 7.63. The van der Waals surface area contributed by atoms with Gasteiger partial charge >= 0.3 is 0 Å². The smallest absolute Gasteiger partial charge is 0.237 e. The van der Waals surface area contributed by atoms with Crippen LogP contribution in [0.4, 0.5) is 0 Å². The van der Waals surface area contributed by atoms with Crippen molar-refractivity contribution in [3.63, 3.8) is 0 Å². The molecule has 0 fully saturated rings. The van der Waals surface area contributed by atoms with Crippen molar-refractivity contribution in [1.29, 1.82) is 0 Å². The number of aromatic nitrogens is 1. The molecule has 0 bridgehead atoms. The molecule has 24 heavy (non-hydrogen) atoms. The van der Waals surface area contributed by atoms with Crippen LogP contribution in [0, 0.1) is 0 Å². The summed E-state index contributed by atoms with van der Waals surface area (Å²) in [5.41, 5.74) is 2.09. The summed E-state index contributed by atoms with van der Waals surface area (Å²) in [5, 5.41) is 0.742. The van der Waals surface area contributed by atoms with Gasteiger partial charge in [-0.05, 0) is 30.2 Å². The predicted molar refractivity (Wildman–Crippen MR) is 97.6 cm³/mol. The van der Waals surface area contributed by atoms with Gasteiger partial charge < -0.3 is 14.2 Å². The Bertz CT molecular complexity index is 658. The van der Waals surface area contributed by atoms with E-state index < -0.39 is 0 Å². The third kappa shape index (κ3) is 5.26. The molecule has 2 rings (SSSR count). The molecule has 0 atom stereocenters. The van der Waals surface area contributed by atoms with E-state index in [1.165, 1.54) is 0 Å². The van der Waals surface area contributed by atoms with Crippen LogP contribution in [0.3, 0.4) is 0 Å². The van der Waals surface area contributed by atoms with Crippen molar-refractivity contribution < 1.29 is 9.53 Å². The predicted octanol–water partition coefficient (Wildman–Crippen LogP) is 3.79. The number of ether oxygens (including phenoxy) is 1. The number of amides is 1. The van der Waals surface area contributed by atoms with Crippen LogP contribution in [0.1, 0.15) is 17.7 Å². The summed E-state index contributed by atoms with van der Waals surface area (Å²) < 4.78 is 7.17. The number of benzene rings is 1. The number of hydrogen-bond acceptors (Lipinski definition) is 2. The van der Waals surface area contributed by atoms with Crippen LogP contribution in [0.2, 0.25) is 5.02 Å². The average Bonchev–Trinajstić information content (AvgIpc) is 3.02. The lowest BCUT2D eigenvalue weighted by Gasteiger charge is -2.23. The first kappa shape index (κ1) is 18.8. The maximum atomic E-state index is 12.1. The number of nitrogens with zero attached hydrogens (tertiary/aromatic N) is 2. The highest BCUT2D eigenvalue weighted by molar-refractivity contribution is 6.31. The molecule has 1 aromatic carbocycles. The molecule has 0 aliphatic heterocycles. The van der Waals surface area contributed by atoms with Crippen LogP contribution in [0.5, 0.6) is 0 Å². The van der Waals surface area contributed by atoms with Crippen molar-refractivity contribution in [2.75, 3.05) is 26.1 Å². The number of halogens is 2. The Morgan fingerprint density at radius 2 is 2.04 bits per heavy atom. The Balaban J connectivity index is 2.09. The van der Waals surface area contributed by atoms with Gasteiger partial charge in [0.25, 0.3) is 0 Å². The zero-order valence-electron chi connectivity index (χ0n) is 13.8. The van der Waals surface area contributed by atoms with E-state index in [0.717, 1.165) is 22.7 Å². The van der Waals surface area contributed by atoms with E-state index in [1.54, 1.807) is 12.0 Å². The number of carbonyl (C=O) groups excluding carboxylic acids is 1. The number of alkyl halides is 1. The van der Waals surface area contributed by atoms with Crippen molar-refractivity contribution in [2.45, 2.75) is 19.5 Å². The summed E-state index contributed by atoms with van der Waals surface area (Å²) in [6.07, 6.45) is 2.78. The molecule has 0 N–H and O–H groups in total. The Morgan fingerprint density at radius 3 is 2.75 bits per heavy atom. The van der Waals surface area contributed by atoms with Gasteiger partial charge in [0.05, 0.1) is 6.54 Å². The molecule has 1 aromatic heterocycles. The Labute approximate surface area is 152 Å². The SMILES string of the molecule is COCCCN(Cc1cccn1Cc1ccccc1Cl)C(=O)CCl. The molecule has 4 nitrogen and oxygen atoms in total. The lowest BCUT2D eigenvalue weighted by molar-refractivity contribution is -0.129. The third-order valence-corrected chi connectivity index (χ3v) is 4.42. The zero-order valence-corrected chi connectivity index (χ0v) is 15.3. The largest absolute Gasteiger partial charge is 0.385 e. The highest BCUT2D eigenvalue weighted by Gasteiger charge is 2.15. The van der Waals surface area contributed by atoms with E-state index >= 15 is 0 Å². The topological polar surface area (TPSA) is 34.5 Å². The molecule has 130 valence electrons. The molecule has 0 saturated heterocycles. The van der Waals surface area contributed by atoms with E-state index in [2.05, 4.69) is 4.57 Å². The maximum absolute atomic E-state index is 12.1.